The van der Waals surface area contributed by atoms with Crippen molar-refractivity contribution in [3.63, 3.8) is 0 Å². The minimum atomic E-state index is 0.959. The average Bonchev–Trinajstić information content (AvgIpc) is 2.63. The second kappa shape index (κ2) is 4.43. The molecule has 0 atom stereocenters. The van der Waals surface area contributed by atoms with Crippen molar-refractivity contribution in [2.45, 2.75) is 39.5 Å². The van der Waals surface area contributed by atoms with E-state index in [2.05, 4.69) is 32.0 Å². The predicted octanol–water partition coefficient (Wildman–Crippen LogP) is 4.49. The summed E-state index contributed by atoms with van der Waals surface area (Å²) in [4.78, 5) is 1.33. The summed E-state index contributed by atoms with van der Waals surface area (Å²) in [5, 5.41) is 0.959. The van der Waals surface area contributed by atoms with Crippen LogP contribution in [0.25, 0.3) is 11.1 Å². The van der Waals surface area contributed by atoms with Crippen LogP contribution in [0.3, 0.4) is 0 Å². The third kappa shape index (κ3) is 1.85. The van der Waals surface area contributed by atoms with Gasteiger partial charge in [0, 0.05) is 10.4 Å². The van der Waals surface area contributed by atoms with E-state index in [1.54, 1.807) is 11.3 Å². The molecule has 0 bridgehead atoms. The van der Waals surface area contributed by atoms with Crippen molar-refractivity contribution in [3.8, 4) is 11.1 Å². The van der Waals surface area contributed by atoms with E-state index in [9.17, 15) is 0 Å². The van der Waals surface area contributed by atoms with Crippen LogP contribution in [0.2, 0.25) is 0 Å². The Labute approximate surface area is 113 Å². The van der Waals surface area contributed by atoms with E-state index in [4.69, 9.17) is 5.73 Å². The van der Waals surface area contributed by atoms with Gasteiger partial charge >= 0.3 is 0 Å². The molecule has 0 saturated carbocycles. The van der Waals surface area contributed by atoms with Gasteiger partial charge in [-0.05, 0) is 61.8 Å². The fourth-order valence-electron chi connectivity index (χ4n) is 2.90. The first-order valence-corrected chi connectivity index (χ1v) is 7.46. The number of hydrogen-bond acceptors (Lipinski definition) is 2. The van der Waals surface area contributed by atoms with Gasteiger partial charge in [0.15, 0.2) is 0 Å². The lowest BCUT2D eigenvalue weighted by molar-refractivity contribution is 0.686. The van der Waals surface area contributed by atoms with Gasteiger partial charge in [0.25, 0.3) is 0 Å². The quantitative estimate of drug-likeness (QED) is 0.800. The molecule has 18 heavy (non-hydrogen) atoms. The van der Waals surface area contributed by atoms with E-state index < -0.39 is 0 Å². The van der Waals surface area contributed by atoms with Gasteiger partial charge in [0.2, 0.25) is 0 Å². The van der Waals surface area contributed by atoms with Crippen LogP contribution in [-0.4, -0.2) is 0 Å². The zero-order valence-electron chi connectivity index (χ0n) is 11.0. The number of rotatable bonds is 1. The molecule has 1 aliphatic carbocycles. The van der Waals surface area contributed by atoms with Crippen LogP contribution >= 0.6 is 11.3 Å². The molecular formula is C16H19NS. The third-order valence-corrected chi connectivity index (χ3v) is 5.09. The van der Waals surface area contributed by atoms with Crippen molar-refractivity contribution in [2.24, 2.45) is 0 Å². The van der Waals surface area contributed by atoms with Crippen LogP contribution in [0.4, 0.5) is 5.00 Å². The van der Waals surface area contributed by atoms with Gasteiger partial charge in [-0.2, -0.15) is 0 Å². The number of fused-ring (bicyclic) bond motifs is 1. The molecule has 2 aromatic rings. The lowest BCUT2D eigenvalue weighted by Gasteiger charge is -2.17. The largest absolute Gasteiger partial charge is 0.390 e. The first kappa shape index (κ1) is 11.8. The summed E-state index contributed by atoms with van der Waals surface area (Å²) < 4.78 is 0. The van der Waals surface area contributed by atoms with E-state index in [1.807, 2.05) is 0 Å². The molecule has 0 unspecified atom stereocenters. The van der Waals surface area contributed by atoms with Crippen LogP contribution in [0.15, 0.2) is 18.2 Å². The molecule has 0 fully saturated rings. The van der Waals surface area contributed by atoms with E-state index in [0.29, 0.717) is 0 Å². The maximum Gasteiger partial charge on any atom is 0.0941 e. The van der Waals surface area contributed by atoms with Gasteiger partial charge in [-0.1, -0.05) is 18.2 Å². The summed E-state index contributed by atoms with van der Waals surface area (Å²) in [5.74, 6) is 0. The Morgan fingerprint density at radius 2 is 1.78 bits per heavy atom. The van der Waals surface area contributed by atoms with Gasteiger partial charge in [-0.15, -0.1) is 11.3 Å². The van der Waals surface area contributed by atoms with Crippen molar-refractivity contribution in [2.75, 3.05) is 5.73 Å². The molecule has 0 aliphatic heterocycles. The molecule has 94 valence electrons. The molecule has 1 heterocycles. The molecule has 2 heteroatoms. The van der Waals surface area contributed by atoms with Gasteiger partial charge < -0.3 is 5.73 Å². The van der Waals surface area contributed by atoms with E-state index >= 15 is 0 Å². The Hall–Kier alpha value is -1.28. The second-order valence-electron chi connectivity index (χ2n) is 5.21. The van der Waals surface area contributed by atoms with Crippen LogP contribution in [-0.2, 0) is 12.8 Å². The number of anilines is 1. The number of nitrogens with two attached hydrogens (primary N) is 1. The number of hydrogen-bond donors (Lipinski definition) is 1. The molecule has 2 N–H and O–H groups in total. The fraction of sp³-hybridized carbons (Fsp3) is 0.375. The second-order valence-corrected chi connectivity index (χ2v) is 6.47. The van der Waals surface area contributed by atoms with E-state index in [1.165, 1.54) is 58.4 Å². The SMILES string of the molecule is Cc1sc(N)c(-c2ccc3c(c2)CCCC3)c1C. The van der Waals surface area contributed by atoms with Crippen LogP contribution < -0.4 is 5.73 Å². The Morgan fingerprint density at radius 1 is 1.06 bits per heavy atom. The summed E-state index contributed by atoms with van der Waals surface area (Å²) in [6.45, 7) is 4.33. The van der Waals surface area contributed by atoms with Crippen LogP contribution in [0, 0.1) is 13.8 Å². The molecule has 1 nitrogen and oxygen atoms in total. The minimum Gasteiger partial charge on any atom is -0.390 e. The average molecular weight is 257 g/mol. The zero-order valence-corrected chi connectivity index (χ0v) is 11.9. The van der Waals surface area contributed by atoms with Crippen molar-refractivity contribution in [1.29, 1.82) is 0 Å². The molecule has 0 spiro atoms. The maximum atomic E-state index is 6.17. The highest BCUT2D eigenvalue weighted by Crippen LogP contribution is 2.39. The molecule has 0 radical (unpaired) electrons. The van der Waals surface area contributed by atoms with Crippen molar-refractivity contribution < 1.29 is 0 Å². The summed E-state index contributed by atoms with van der Waals surface area (Å²) in [7, 11) is 0. The summed E-state index contributed by atoms with van der Waals surface area (Å²) >= 11 is 1.71. The molecular weight excluding hydrogens is 238 g/mol. The minimum absolute atomic E-state index is 0.959. The van der Waals surface area contributed by atoms with E-state index in [-0.39, 0.29) is 0 Å². The molecule has 0 amide bonds. The first-order valence-electron chi connectivity index (χ1n) is 6.64. The third-order valence-electron chi connectivity index (χ3n) is 4.05. The lowest BCUT2D eigenvalue weighted by atomic mass is 9.89. The monoisotopic (exact) mass is 257 g/mol. The molecule has 1 aliphatic rings. The van der Waals surface area contributed by atoms with Crippen molar-refractivity contribution >= 4 is 16.3 Å². The van der Waals surface area contributed by atoms with Gasteiger partial charge in [-0.25, -0.2) is 0 Å². The smallest absolute Gasteiger partial charge is 0.0941 e. The fourth-order valence-corrected chi connectivity index (χ4v) is 3.86. The number of benzene rings is 1. The lowest BCUT2D eigenvalue weighted by Crippen LogP contribution is -2.02. The number of thiophene rings is 1. The van der Waals surface area contributed by atoms with Gasteiger partial charge in [0.1, 0.15) is 0 Å². The topological polar surface area (TPSA) is 26.0 Å². The summed E-state index contributed by atoms with van der Waals surface area (Å²) in [6.07, 6.45) is 5.14. The summed E-state index contributed by atoms with van der Waals surface area (Å²) in [6, 6.07) is 6.91. The van der Waals surface area contributed by atoms with Crippen LogP contribution in [0.5, 0.6) is 0 Å². The highest BCUT2D eigenvalue weighted by atomic mass is 32.1. The maximum absolute atomic E-state index is 6.17. The molecule has 3 rings (SSSR count). The molecule has 1 aromatic heterocycles. The highest BCUT2D eigenvalue weighted by molar-refractivity contribution is 7.16. The Balaban J connectivity index is 2.12. The van der Waals surface area contributed by atoms with E-state index in [0.717, 1.165) is 5.00 Å². The normalized spacial score (nSPS) is 14.6. The number of aryl methyl sites for hydroxylation is 3. The molecule has 0 saturated heterocycles. The van der Waals surface area contributed by atoms with Crippen LogP contribution in [0.1, 0.15) is 34.4 Å². The van der Waals surface area contributed by atoms with Crippen molar-refractivity contribution in [1.82, 2.24) is 0 Å². The molecule has 1 aromatic carbocycles. The first-order chi connectivity index (χ1) is 8.66. The zero-order chi connectivity index (χ0) is 12.7. The van der Waals surface area contributed by atoms with Crippen molar-refractivity contribution in [3.05, 3.63) is 39.8 Å². The summed E-state index contributed by atoms with van der Waals surface area (Å²) in [5.41, 5.74) is 13.1. The van der Waals surface area contributed by atoms with Gasteiger partial charge in [0.05, 0.1) is 5.00 Å². The van der Waals surface area contributed by atoms with Gasteiger partial charge in [-0.3, -0.25) is 0 Å². The Bertz CT molecular complexity index is 595. The predicted molar refractivity (Wildman–Crippen MR) is 80.3 cm³/mol. The number of nitrogen functional groups attached to an aromatic ring is 1. The Kier molecular flexibility index (Phi) is 2.90. The Morgan fingerprint density at radius 3 is 2.44 bits per heavy atom. The standard InChI is InChI=1S/C16H19NS/c1-10-11(2)18-16(17)15(10)14-8-7-12-5-3-4-6-13(12)9-14/h7-9H,3-6,17H2,1-2H3. The highest BCUT2D eigenvalue weighted by Gasteiger charge is 2.15.